The number of nitrogens with zero attached hydrogens (tertiary/aromatic N) is 1. The molecule has 0 fully saturated rings. The molecule has 1 amide bonds. The van der Waals surface area contributed by atoms with Gasteiger partial charge in [-0.05, 0) is 26.3 Å². The molecule has 0 aliphatic rings. The first-order chi connectivity index (χ1) is 5.59. The Labute approximate surface area is 74.2 Å². The van der Waals surface area contributed by atoms with Crippen LogP contribution < -0.4 is 5.73 Å². The fraction of sp³-hybridized carbons (Fsp3) is 0.667. The van der Waals surface area contributed by atoms with Crippen molar-refractivity contribution in [1.82, 2.24) is 4.90 Å². The van der Waals surface area contributed by atoms with Gasteiger partial charge in [-0.2, -0.15) is 0 Å². The fourth-order valence-corrected chi connectivity index (χ4v) is 0.876. The molecule has 12 heavy (non-hydrogen) atoms. The Bertz CT molecular complexity index is 173. The van der Waals surface area contributed by atoms with Gasteiger partial charge < -0.3 is 10.6 Å². The molecule has 0 rings (SSSR count). The van der Waals surface area contributed by atoms with Crippen molar-refractivity contribution in [2.75, 3.05) is 20.6 Å². The number of amides is 1. The molecule has 0 bridgehead atoms. The van der Waals surface area contributed by atoms with E-state index in [1.165, 1.54) is 0 Å². The summed E-state index contributed by atoms with van der Waals surface area (Å²) in [7, 11) is 3.51. The average Bonchev–Trinajstić information content (AvgIpc) is 2.03. The molecule has 0 aliphatic carbocycles. The van der Waals surface area contributed by atoms with E-state index in [1.807, 2.05) is 13.0 Å². The molecular weight excluding hydrogens is 152 g/mol. The maximum Gasteiger partial charge on any atom is 0.248 e. The number of unbranched alkanes of at least 4 members (excludes halogenated alkanes) is 1. The van der Waals surface area contributed by atoms with Crippen molar-refractivity contribution in [2.45, 2.75) is 19.8 Å². The van der Waals surface area contributed by atoms with E-state index in [4.69, 9.17) is 5.73 Å². The third kappa shape index (κ3) is 4.13. The molecule has 0 aliphatic heterocycles. The first-order valence-corrected chi connectivity index (χ1v) is 4.18. The van der Waals surface area contributed by atoms with Gasteiger partial charge in [0.25, 0.3) is 0 Å². The van der Waals surface area contributed by atoms with Crippen LogP contribution in [0.5, 0.6) is 0 Å². The number of likely N-dealkylation sites (N-methyl/N-ethyl adjacent to an activating group) is 1. The Morgan fingerprint density at radius 2 is 2.08 bits per heavy atom. The van der Waals surface area contributed by atoms with Crippen molar-refractivity contribution in [2.24, 2.45) is 5.73 Å². The molecule has 2 N–H and O–H groups in total. The summed E-state index contributed by atoms with van der Waals surface area (Å²) in [6.45, 7) is 2.51. The summed E-state index contributed by atoms with van der Waals surface area (Å²) in [5, 5.41) is 0. The lowest BCUT2D eigenvalue weighted by atomic mass is 10.2. The highest BCUT2D eigenvalue weighted by atomic mass is 16.2. The molecule has 0 aromatic rings. The SMILES string of the molecule is CC(=CCCCN)C(=O)N(C)C. The molecule has 0 saturated carbocycles. The number of carbonyl (C=O) groups is 1. The first-order valence-electron chi connectivity index (χ1n) is 4.18. The summed E-state index contributed by atoms with van der Waals surface area (Å²) in [4.78, 5) is 12.8. The van der Waals surface area contributed by atoms with E-state index in [9.17, 15) is 4.79 Å². The molecule has 3 heteroatoms. The van der Waals surface area contributed by atoms with Gasteiger partial charge in [-0.25, -0.2) is 0 Å². The standard InChI is InChI=1S/C9H18N2O/c1-8(6-4-5-7-10)9(12)11(2)3/h6H,4-5,7,10H2,1-3H3. The van der Waals surface area contributed by atoms with Crippen LogP contribution in [-0.4, -0.2) is 31.4 Å². The van der Waals surface area contributed by atoms with Crippen LogP contribution in [0.4, 0.5) is 0 Å². The Balaban J connectivity index is 3.91. The van der Waals surface area contributed by atoms with Crippen LogP contribution >= 0.6 is 0 Å². The van der Waals surface area contributed by atoms with Gasteiger partial charge in [-0.3, -0.25) is 4.79 Å². The highest BCUT2D eigenvalue weighted by Crippen LogP contribution is 2.00. The van der Waals surface area contributed by atoms with Crippen molar-refractivity contribution in [3.05, 3.63) is 11.6 Å². The van der Waals surface area contributed by atoms with E-state index in [0.29, 0.717) is 6.54 Å². The van der Waals surface area contributed by atoms with Crippen LogP contribution in [0, 0.1) is 0 Å². The summed E-state index contributed by atoms with van der Waals surface area (Å²) in [5.74, 6) is 0.0759. The molecule has 70 valence electrons. The third-order valence-electron chi connectivity index (χ3n) is 1.60. The van der Waals surface area contributed by atoms with Crippen molar-refractivity contribution < 1.29 is 4.79 Å². The molecule has 0 aromatic carbocycles. The largest absolute Gasteiger partial charge is 0.345 e. The Morgan fingerprint density at radius 3 is 2.50 bits per heavy atom. The summed E-state index contributed by atoms with van der Waals surface area (Å²) >= 11 is 0. The van der Waals surface area contributed by atoms with Crippen LogP contribution in [0.1, 0.15) is 19.8 Å². The smallest absolute Gasteiger partial charge is 0.248 e. The van der Waals surface area contributed by atoms with Crippen LogP contribution in [0.2, 0.25) is 0 Å². The minimum absolute atomic E-state index is 0.0759. The normalized spacial score (nSPS) is 11.5. The monoisotopic (exact) mass is 170 g/mol. The number of hydrogen-bond acceptors (Lipinski definition) is 2. The molecule has 0 aromatic heterocycles. The quantitative estimate of drug-likeness (QED) is 0.500. The highest BCUT2D eigenvalue weighted by Gasteiger charge is 2.04. The topological polar surface area (TPSA) is 46.3 Å². The van der Waals surface area contributed by atoms with E-state index in [2.05, 4.69) is 0 Å². The Hall–Kier alpha value is -0.830. The van der Waals surface area contributed by atoms with Crippen molar-refractivity contribution >= 4 is 5.91 Å². The van der Waals surface area contributed by atoms with E-state index in [1.54, 1.807) is 19.0 Å². The van der Waals surface area contributed by atoms with Gasteiger partial charge in [-0.15, -0.1) is 0 Å². The molecule has 0 spiro atoms. The Morgan fingerprint density at radius 1 is 1.50 bits per heavy atom. The number of nitrogens with two attached hydrogens (primary N) is 1. The van der Waals surface area contributed by atoms with Gasteiger partial charge in [0.2, 0.25) is 5.91 Å². The maximum absolute atomic E-state index is 11.3. The molecule has 0 atom stereocenters. The summed E-state index contributed by atoms with van der Waals surface area (Å²) < 4.78 is 0. The van der Waals surface area contributed by atoms with Crippen molar-refractivity contribution in [1.29, 1.82) is 0 Å². The van der Waals surface area contributed by atoms with Crippen LogP contribution in [0.25, 0.3) is 0 Å². The zero-order valence-electron chi connectivity index (χ0n) is 8.13. The van der Waals surface area contributed by atoms with Gasteiger partial charge in [0, 0.05) is 19.7 Å². The maximum atomic E-state index is 11.3. The molecule has 0 unspecified atom stereocenters. The lowest BCUT2D eigenvalue weighted by Gasteiger charge is -2.09. The van der Waals surface area contributed by atoms with Gasteiger partial charge >= 0.3 is 0 Å². The molecule has 0 saturated heterocycles. The van der Waals surface area contributed by atoms with Gasteiger partial charge in [-0.1, -0.05) is 6.08 Å². The van der Waals surface area contributed by atoms with Crippen molar-refractivity contribution in [3.8, 4) is 0 Å². The van der Waals surface area contributed by atoms with Crippen LogP contribution in [0.3, 0.4) is 0 Å². The second-order valence-corrected chi connectivity index (χ2v) is 3.02. The minimum Gasteiger partial charge on any atom is -0.345 e. The van der Waals surface area contributed by atoms with E-state index in [-0.39, 0.29) is 5.91 Å². The van der Waals surface area contributed by atoms with Gasteiger partial charge in [0.05, 0.1) is 0 Å². The lowest BCUT2D eigenvalue weighted by molar-refractivity contribution is -0.124. The van der Waals surface area contributed by atoms with Gasteiger partial charge in [0.1, 0.15) is 0 Å². The molecular formula is C9H18N2O. The second-order valence-electron chi connectivity index (χ2n) is 3.02. The molecule has 3 nitrogen and oxygen atoms in total. The average molecular weight is 170 g/mol. The first kappa shape index (κ1) is 11.2. The summed E-state index contributed by atoms with van der Waals surface area (Å²) in [6, 6.07) is 0. The Kier molecular flexibility index (Phi) is 5.37. The van der Waals surface area contributed by atoms with E-state index in [0.717, 1.165) is 18.4 Å². The zero-order chi connectivity index (χ0) is 9.56. The summed E-state index contributed by atoms with van der Waals surface area (Å²) in [5.41, 5.74) is 6.13. The highest BCUT2D eigenvalue weighted by molar-refractivity contribution is 5.92. The van der Waals surface area contributed by atoms with Crippen LogP contribution in [-0.2, 0) is 4.79 Å². The number of hydrogen-bond donors (Lipinski definition) is 1. The van der Waals surface area contributed by atoms with Crippen LogP contribution in [0.15, 0.2) is 11.6 Å². The zero-order valence-corrected chi connectivity index (χ0v) is 8.13. The van der Waals surface area contributed by atoms with Crippen molar-refractivity contribution in [3.63, 3.8) is 0 Å². The minimum atomic E-state index is 0.0759. The lowest BCUT2D eigenvalue weighted by Crippen LogP contribution is -2.22. The number of allylic oxidation sites excluding steroid dienone is 1. The number of carbonyl (C=O) groups excluding carboxylic acids is 1. The predicted octanol–water partition coefficient (Wildman–Crippen LogP) is 0.760. The fourth-order valence-electron chi connectivity index (χ4n) is 0.876. The van der Waals surface area contributed by atoms with E-state index >= 15 is 0 Å². The van der Waals surface area contributed by atoms with E-state index < -0.39 is 0 Å². The molecule has 0 heterocycles. The molecule has 0 radical (unpaired) electrons. The van der Waals surface area contributed by atoms with Gasteiger partial charge in [0.15, 0.2) is 0 Å². The third-order valence-corrected chi connectivity index (χ3v) is 1.60. The summed E-state index contributed by atoms with van der Waals surface area (Å²) in [6.07, 6.45) is 3.77. The predicted molar refractivity (Wildman–Crippen MR) is 50.7 cm³/mol. The number of rotatable bonds is 4. The second kappa shape index (κ2) is 5.77.